The van der Waals surface area contributed by atoms with Crippen molar-refractivity contribution in [3.63, 3.8) is 0 Å². The fourth-order valence-corrected chi connectivity index (χ4v) is 2.90. The van der Waals surface area contributed by atoms with Crippen LogP contribution in [-0.4, -0.2) is 22.2 Å². The van der Waals surface area contributed by atoms with Gasteiger partial charge in [-0.2, -0.15) is 5.10 Å². The summed E-state index contributed by atoms with van der Waals surface area (Å²) in [5.41, 5.74) is 7.79. The molecule has 1 heterocycles. The second kappa shape index (κ2) is 5.23. The Balaban J connectivity index is 2.01. The van der Waals surface area contributed by atoms with Crippen LogP contribution in [0, 0.1) is 12.3 Å². The van der Waals surface area contributed by atoms with E-state index in [1.807, 2.05) is 6.92 Å². The van der Waals surface area contributed by atoms with Crippen LogP contribution in [0.15, 0.2) is 0 Å². The number of hydrogen-bond acceptors (Lipinski definition) is 3. The summed E-state index contributed by atoms with van der Waals surface area (Å²) in [6.45, 7) is 4.79. The molecule has 1 amide bonds. The maximum Gasteiger partial charge on any atom is 0.271 e. The normalized spacial score (nSPS) is 18.3. The van der Waals surface area contributed by atoms with Crippen molar-refractivity contribution in [3.05, 3.63) is 11.4 Å². The molecule has 0 saturated heterocycles. The zero-order valence-electron chi connectivity index (χ0n) is 12.1. The largest absolute Gasteiger partial charge is 0.395 e. The molecule has 0 spiro atoms. The zero-order chi connectivity index (χ0) is 14.0. The number of hydrogen-bond donors (Lipinski definition) is 2. The molecule has 106 valence electrons. The maximum absolute atomic E-state index is 12.2. The van der Waals surface area contributed by atoms with Crippen LogP contribution in [0.4, 0.5) is 5.69 Å². The van der Waals surface area contributed by atoms with Crippen molar-refractivity contribution in [1.82, 2.24) is 15.1 Å². The van der Waals surface area contributed by atoms with Crippen molar-refractivity contribution >= 4 is 11.6 Å². The molecule has 0 unspecified atom stereocenters. The van der Waals surface area contributed by atoms with Gasteiger partial charge in [0.25, 0.3) is 5.91 Å². The molecule has 1 aromatic heterocycles. The minimum atomic E-state index is -0.118. The first-order valence-electron chi connectivity index (χ1n) is 7.00. The van der Waals surface area contributed by atoms with Crippen LogP contribution in [0.25, 0.3) is 0 Å². The van der Waals surface area contributed by atoms with E-state index in [0.29, 0.717) is 17.1 Å². The molecule has 1 aliphatic carbocycles. The molecule has 0 aliphatic heterocycles. The van der Waals surface area contributed by atoms with Gasteiger partial charge in [0.1, 0.15) is 5.69 Å². The summed E-state index contributed by atoms with van der Waals surface area (Å²) in [6.07, 6.45) is 6.22. The number of nitrogens with zero attached hydrogens (tertiary/aromatic N) is 2. The first-order chi connectivity index (χ1) is 8.93. The maximum atomic E-state index is 12.2. The van der Waals surface area contributed by atoms with Gasteiger partial charge >= 0.3 is 0 Å². The fraction of sp³-hybridized carbons (Fsp3) is 0.714. The third-order valence-corrected chi connectivity index (χ3v) is 4.22. The Morgan fingerprint density at radius 3 is 2.58 bits per heavy atom. The average Bonchev–Trinajstić information content (AvgIpc) is 2.62. The van der Waals surface area contributed by atoms with Crippen LogP contribution in [-0.2, 0) is 7.05 Å². The fourth-order valence-electron chi connectivity index (χ4n) is 2.90. The van der Waals surface area contributed by atoms with Crippen molar-refractivity contribution in [2.75, 3.05) is 12.3 Å². The number of anilines is 1. The Morgan fingerprint density at radius 2 is 2.05 bits per heavy atom. The van der Waals surface area contributed by atoms with Crippen LogP contribution < -0.4 is 11.1 Å². The monoisotopic (exact) mass is 264 g/mol. The highest BCUT2D eigenvalue weighted by molar-refractivity contribution is 5.97. The average molecular weight is 264 g/mol. The summed E-state index contributed by atoms with van der Waals surface area (Å²) < 4.78 is 1.56. The summed E-state index contributed by atoms with van der Waals surface area (Å²) in [7, 11) is 1.75. The van der Waals surface area contributed by atoms with Crippen LogP contribution >= 0.6 is 0 Å². The van der Waals surface area contributed by atoms with Gasteiger partial charge in [0.15, 0.2) is 0 Å². The van der Waals surface area contributed by atoms with Gasteiger partial charge in [-0.1, -0.05) is 26.2 Å². The topological polar surface area (TPSA) is 72.9 Å². The smallest absolute Gasteiger partial charge is 0.271 e. The van der Waals surface area contributed by atoms with Crippen molar-refractivity contribution in [2.24, 2.45) is 12.5 Å². The lowest BCUT2D eigenvalue weighted by molar-refractivity contribution is 0.0910. The zero-order valence-corrected chi connectivity index (χ0v) is 12.1. The Bertz CT molecular complexity index is 472. The van der Waals surface area contributed by atoms with E-state index in [-0.39, 0.29) is 11.3 Å². The first kappa shape index (κ1) is 13.9. The Morgan fingerprint density at radius 1 is 1.42 bits per heavy atom. The summed E-state index contributed by atoms with van der Waals surface area (Å²) in [4.78, 5) is 12.2. The highest BCUT2D eigenvalue weighted by atomic mass is 16.2. The predicted octanol–water partition coefficient (Wildman–Crippen LogP) is 2.01. The van der Waals surface area contributed by atoms with E-state index in [1.54, 1.807) is 11.7 Å². The minimum absolute atomic E-state index is 0.118. The SMILES string of the molecule is Cc1nn(C)c(C(=O)NCC2(C)CCCCC2)c1N. The quantitative estimate of drug-likeness (QED) is 0.877. The van der Waals surface area contributed by atoms with Gasteiger partial charge in [-0.05, 0) is 25.2 Å². The van der Waals surface area contributed by atoms with Crippen LogP contribution in [0.2, 0.25) is 0 Å². The molecule has 19 heavy (non-hydrogen) atoms. The summed E-state index contributed by atoms with van der Waals surface area (Å²) in [5, 5.41) is 7.20. The van der Waals surface area contributed by atoms with Crippen LogP contribution in [0.1, 0.15) is 55.2 Å². The number of aromatic nitrogens is 2. The number of nitrogens with one attached hydrogen (secondary N) is 1. The number of nitrogen functional groups attached to an aromatic ring is 1. The van der Waals surface area contributed by atoms with E-state index < -0.39 is 0 Å². The standard InChI is InChI=1S/C14H24N4O/c1-10-11(15)12(18(3)17-10)13(19)16-9-14(2)7-5-4-6-8-14/h4-9,15H2,1-3H3,(H,16,19). The van der Waals surface area contributed by atoms with Crippen molar-refractivity contribution in [1.29, 1.82) is 0 Å². The van der Waals surface area contributed by atoms with Gasteiger partial charge in [0.05, 0.1) is 11.4 Å². The molecular formula is C14H24N4O. The van der Waals surface area contributed by atoms with E-state index in [1.165, 1.54) is 32.1 Å². The van der Waals surface area contributed by atoms with Crippen LogP contribution in [0.3, 0.4) is 0 Å². The minimum Gasteiger partial charge on any atom is -0.395 e. The molecule has 0 aromatic carbocycles. The van der Waals surface area contributed by atoms with Gasteiger partial charge in [0.2, 0.25) is 0 Å². The number of amides is 1. The summed E-state index contributed by atoms with van der Waals surface area (Å²) in [6, 6.07) is 0. The highest BCUT2D eigenvalue weighted by Gasteiger charge is 2.28. The lowest BCUT2D eigenvalue weighted by Gasteiger charge is -2.33. The second-order valence-electron chi connectivity index (χ2n) is 6.03. The Hall–Kier alpha value is -1.52. The van der Waals surface area contributed by atoms with Gasteiger partial charge in [0, 0.05) is 13.6 Å². The third-order valence-electron chi connectivity index (χ3n) is 4.22. The molecule has 5 nitrogen and oxygen atoms in total. The molecule has 1 fully saturated rings. The molecule has 2 rings (SSSR count). The number of aryl methyl sites for hydroxylation is 2. The van der Waals surface area contributed by atoms with Gasteiger partial charge < -0.3 is 11.1 Å². The van der Waals surface area contributed by atoms with E-state index in [2.05, 4.69) is 17.3 Å². The second-order valence-corrected chi connectivity index (χ2v) is 6.03. The first-order valence-corrected chi connectivity index (χ1v) is 7.00. The Kier molecular flexibility index (Phi) is 3.83. The number of nitrogens with two attached hydrogens (primary N) is 1. The van der Waals surface area contributed by atoms with Gasteiger partial charge in [-0.15, -0.1) is 0 Å². The molecule has 0 radical (unpaired) electrons. The van der Waals surface area contributed by atoms with E-state index in [9.17, 15) is 4.79 Å². The molecule has 3 N–H and O–H groups in total. The van der Waals surface area contributed by atoms with Crippen molar-refractivity contribution in [2.45, 2.75) is 46.0 Å². The third kappa shape index (κ3) is 2.91. The van der Waals surface area contributed by atoms with E-state index >= 15 is 0 Å². The van der Waals surface area contributed by atoms with E-state index in [4.69, 9.17) is 5.73 Å². The van der Waals surface area contributed by atoms with E-state index in [0.717, 1.165) is 6.54 Å². The molecule has 5 heteroatoms. The summed E-state index contributed by atoms with van der Waals surface area (Å²) in [5.74, 6) is -0.118. The number of carbonyl (C=O) groups is 1. The number of rotatable bonds is 3. The van der Waals surface area contributed by atoms with Gasteiger partial charge in [-0.3, -0.25) is 9.48 Å². The predicted molar refractivity (Wildman–Crippen MR) is 75.9 cm³/mol. The Labute approximate surface area is 114 Å². The lowest BCUT2D eigenvalue weighted by Crippen LogP contribution is -2.37. The molecule has 0 bridgehead atoms. The number of carbonyl (C=O) groups excluding carboxylic acids is 1. The highest BCUT2D eigenvalue weighted by Crippen LogP contribution is 2.35. The van der Waals surface area contributed by atoms with Crippen molar-refractivity contribution < 1.29 is 4.79 Å². The van der Waals surface area contributed by atoms with Crippen molar-refractivity contribution in [3.8, 4) is 0 Å². The van der Waals surface area contributed by atoms with Gasteiger partial charge in [-0.25, -0.2) is 0 Å². The molecule has 1 aromatic rings. The molecular weight excluding hydrogens is 240 g/mol. The van der Waals surface area contributed by atoms with Crippen LogP contribution in [0.5, 0.6) is 0 Å². The lowest BCUT2D eigenvalue weighted by atomic mass is 9.76. The molecule has 1 saturated carbocycles. The molecule has 1 aliphatic rings. The summed E-state index contributed by atoms with van der Waals surface area (Å²) >= 11 is 0. The molecule has 0 atom stereocenters.